The first-order valence-corrected chi connectivity index (χ1v) is 7.76. The number of rotatable bonds is 7. The van der Waals surface area contributed by atoms with Gasteiger partial charge in [-0.25, -0.2) is 15.0 Å². The summed E-state index contributed by atoms with van der Waals surface area (Å²) in [4.78, 5) is 13.6. The summed E-state index contributed by atoms with van der Waals surface area (Å²) in [6.45, 7) is 10.4. The monoisotopic (exact) mass is 287 g/mol. The van der Waals surface area contributed by atoms with Gasteiger partial charge in [-0.1, -0.05) is 20.8 Å². The zero-order valence-electron chi connectivity index (χ0n) is 13.4. The summed E-state index contributed by atoms with van der Waals surface area (Å²) in [5.74, 6) is 2.22. The highest BCUT2D eigenvalue weighted by molar-refractivity contribution is 5.53. The van der Waals surface area contributed by atoms with E-state index in [4.69, 9.17) is 4.98 Å². The molecule has 5 nitrogen and oxygen atoms in total. The van der Waals surface area contributed by atoms with E-state index in [0.717, 1.165) is 49.0 Å². The maximum absolute atomic E-state index is 4.73. The van der Waals surface area contributed by atoms with Crippen molar-refractivity contribution in [2.24, 2.45) is 5.92 Å². The molecular formula is C16H25N5. The molecule has 2 heterocycles. The standard InChI is InChI=1S/C16H25N5/c1-5-7-21-11-17-10-14(21)16-19-13(8-12(3)4)9-15(20-16)18-6-2/h9-12H,5-8H2,1-4H3,(H,18,19,20). The number of aromatic nitrogens is 4. The number of hydrogen-bond donors (Lipinski definition) is 1. The van der Waals surface area contributed by atoms with Gasteiger partial charge in [0.2, 0.25) is 0 Å². The van der Waals surface area contributed by atoms with Crippen molar-refractivity contribution < 1.29 is 0 Å². The number of hydrogen-bond acceptors (Lipinski definition) is 4. The van der Waals surface area contributed by atoms with Gasteiger partial charge in [0.05, 0.1) is 12.5 Å². The van der Waals surface area contributed by atoms with Gasteiger partial charge in [0.1, 0.15) is 11.5 Å². The largest absolute Gasteiger partial charge is 0.370 e. The van der Waals surface area contributed by atoms with E-state index < -0.39 is 0 Å². The number of aryl methyl sites for hydroxylation is 1. The number of nitrogens with zero attached hydrogens (tertiary/aromatic N) is 4. The van der Waals surface area contributed by atoms with Gasteiger partial charge in [0.15, 0.2) is 5.82 Å². The maximum Gasteiger partial charge on any atom is 0.180 e. The van der Waals surface area contributed by atoms with Crippen LogP contribution in [0.2, 0.25) is 0 Å². The first-order valence-electron chi connectivity index (χ1n) is 7.76. The Kier molecular flexibility index (Phi) is 5.31. The van der Waals surface area contributed by atoms with Crippen molar-refractivity contribution in [2.45, 2.75) is 47.1 Å². The molecule has 0 aliphatic carbocycles. The van der Waals surface area contributed by atoms with E-state index in [1.165, 1.54) is 0 Å². The fraction of sp³-hybridized carbons (Fsp3) is 0.562. The van der Waals surface area contributed by atoms with E-state index in [2.05, 4.69) is 47.5 Å². The van der Waals surface area contributed by atoms with Crippen LogP contribution in [0.1, 0.15) is 39.8 Å². The first-order chi connectivity index (χ1) is 10.1. The van der Waals surface area contributed by atoms with Crippen LogP contribution < -0.4 is 5.32 Å². The lowest BCUT2D eigenvalue weighted by molar-refractivity contribution is 0.633. The summed E-state index contributed by atoms with van der Waals surface area (Å²) in [5, 5.41) is 3.29. The summed E-state index contributed by atoms with van der Waals surface area (Å²) >= 11 is 0. The van der Waals surface area contributed by atoms with Gasteiger partial charge in [0.25, 0.3) is 0 Å². The molecule has 0 saturated heterocycles. The van der Waals surface area contributed by atoms with Gasteiger partial charge in [-0.3, -0.25) is 0 Å². The molecule has 5 heteroatoms. The molecule has 1 N–H and O–H groups in total. The van der Waals surface area contributed by atoms with Crippen molar-refractivity contribution in [3.05, 3.63) is 24.3 Å². The van der Waals surface area contributed by atoms with E-state index >= 15 is 0 Å². The Balaban J connectivity index is 2.40. The maximum atomic E-state index is 4.73. The van der Waals surface area contributed by atoms with Crippen LogP contribution in [0.5, 0.6) is 0 Å². The Hall–Kier alpha value is -1.91. The summed E-state index contributed by atoms with van der Waals surface area (Å²) in [6.07, 6.45) is 5.72. The molecule has 0 radical (unpaired) electrons. The predicted octanol–water partition coefficient (Wildman–Crippen LogP) is 3.38. The minimum atomic E-state index is 0.572. The molecular weight excluding hydrogens is 262 g/mol. The molecule has 0 saturated carbocycles. The van der Waals surface area contributed by atoms with Crippen LogP contribution in [0, 0.1) is 5.92 Å². The van der Waals surface area contributed by atoms with Crippen molar-refractivity contribution in [3.8, 4) is 11.5 Å². The molecule has 0 aliphatic heterocycles. The molecule has 0 amide bonds. The van der Waals surface area contributed by atoms with Crippen LogP contribution in [-0.2, 0) is 13.0 Å². The summed E-state index contributed by atoms with van der Waals surface area (Å²) in [7, 11) is 0. The number of nitrogens with one attached hydrogen (secondary N) is 1. The second kappa shape index (κ2) is 7.20. The Morgan fingerprint density at radius 1 is 1.24 bits per heavy atom. The normalized spacial score (nSPS) is 11.1. The van der Waals surface area contributed by atoms with E-state index in [0.29, 0.717) is 5.92 Å². The Morgan fingerprint density at radius 3 is 2.71 bits per heavy atom. The topological polar surface area (TPSA) is 55.6 Å². The van der Waals surface area contributed by atoms with Crippen LogP contribution in [0.25, 0.3) is 11.5 Å². The predicted molar refractivity (Wildman–Crippen MR) is 86.2 cm³/mol. The van der Waals surface area contributed by atoms with Crippen LogP contribution in [0.4, 0.5) is 5.82 Å². The smallest absolute Gasteiger partial charge is 0.180 e. The third kappa shape index (κ3) is 4.03. The zero-order chi connectivity index (χ0) is 15.2. The van der Waals surface area contributed by atoms with Gasteiger partial charge in [-0.15, -0.1) is 0 Å². The lowest BCUT2D eigenvalue weighted by Crippen LogP contribution is -2.08. The molecule has 0 aromatic carbocycles. The molecule has 2 aromatic rings. The Labute approximate surface area is 126 Å². The van der Waals surface area contributed by atoms with Crippen molar-refractivity contribution in [1.29, 1.82) is 0 Å². The molecule has 0 bridgehead atoms. The molecule has 0 unspecified atom stereocenters. The van der Waals surface area contributed by atoms with Crippen molar-refractivity contribution >= 4 is 5.82 Å². The second-order valence-electron chi connectivity index (χ2n) is 5.67. The minimum Gasteiger partial charge on any atom is -0.370 e. The second-order valence-corrected chi connectivity index (χ2v) is 5.67. The molecule has 114 valence electrons. The van der Waals surface area contributed by atoms with Gasteiger partial charge in [-0.05, 0) is 25.7 Å². The van der Waals surface area contributed by atoms with E-state index in [-0.39, 0.29) is 0 Å². The van der Waals surface area contributed by atoms with E-state index in [1.54, 1.807) is 0 Å². The van der Waals surface area contributed by atoms with Crippen molar-refractivity contribution in [3.63, 3.8) is 0 Å². The number of anilines is 1. The molecule has 2 aromatic heterocycles. The fourth-order valence-electron chi connectivity index (χ4n) is 2.33. The SMILES string of the molecule is CCCn1cncc1-c1nc(CC(C)C)cc(NCC)n1. The van der Waals surface area contributed by atoms with Gasteiger partial charge < -0.3 is 9.88 Å². The fourth-order valence-corrected chi connectivity index (χ4v) is 2.33. The Morgan fingerprint density at radius 2 is 2.05 bits per heavy atom. The van der Waals surface area contributed by atoms with Crippen LogP contribution in [-0.4, -0.2) is 26.1 Å². The highest BCUT2D eigenvalue weighted by Gasteiger charge is 2.12. The van der Waals surface area contributed by atoms with Gasteiger partial charge in [0, 0.05) is 24.8 Å². The number of imidazole rings is 1. The summed E-state index contributed by atoms with van der Waals surface area (Å²) < 4.78 is 2.12. The van der Waals surface area contributed by atoms with E-state index in [9.17, 15) is 0 Å². The average Bonchev–Trinajstić information content (AvgIpc) is 2.87. The average molecular weight is 287 g/mol. The minimum absolute atomic E-state index is 0.572. The third-order valence-electron chi connectivity index (χ3n) is 3.16. The van der Waals surface area contributed by atoms with Crippen LogP contribution in [0.3, 0.4) is 0 Å². The van der Waals surface area contributed by atoms with Gasteiger partial charge in [-0.2, -0.15) is 0 Å². The van der Waals surface area contributed by atoms with Crippen molar-refractivity contribution in [2.75, 3.05) is 11.9 Å². The Bertz CT molecular complexity index is 574. The quantitative estimate of drug-likeness (QED) is 0.848. The molecule has 0 spiro atoms. The first kappa shape index (κ1) is 15.5. The molecule has 0 aliphatic rings. The van der Waals surface area contributed by atoms with Gasteiger partial charge >= 0.3 is 0 Å². The third-order valence-corrected chi connectivity index (χ3v) is 3.16. The summed E-state index contributed by atoms with van der Waals surface area (Å²) in [5.41, 5.74) is 2.07. The zero-order valence-corrected chi connectivity index (χ0v) is 13.4. The molecule has 0 fully saturated rings. The highest BCUT2D eigenvalue weighted by Crippen LogP contribution is 2.19. The molecule has 2 rings (SSSR count). The highest BCUT2D eigenvalue weighted by atomic mass is 15.1. The van der Waals surface area contributed by atoms with Crippen molar-refractivity contribution in [1.82, 2.24) is 19.5 Å². The lowest BCUT2D eigenvalue weighted by atomic mass is 10.1. The lowest BCUT2D eigenvalue weighted by Gasteiger charge is -2.11. The van der Waals surface area contributed by atoms with Crippen LogP contribution >= 0.6 is 0 Å². The molecule has 21 heavy (non-hydrogen) atoms. The molecule has 0 atom stereocenters. The van der Waals surface area contributed by atoms with E-state index in [1.807, 2.05) is 18.6 Å². The van der Waals surface area contributed by atoms with Crippen LogP contribution in [0.15, 0.2) is 18.6 Å². The summed E-state index contributed by atoms with van der Waals surface area (Å²) in [6, 6.07) is 2.05.